The number of anilines is 1. The number of hydrogen-bond acceptors (Lipinski definition) is 9. The standard InChI is InChI=1S/C40H50N6O6/c1-10-36(47)46-16-15-45(24-29(46)5)25-35(33-12-11-26(2)22-42-33)52-34-20-27(3)31(21-32(34)38(48)41-8)39(49)44-37-28(4)19-30(23-43-37)13-14-40(6,7)51-18-17-50-9/h10-12,19-23,29,35H,1,15-18,24-25H2,2-9H3,(H,41,48)(H,43,44,49)/t29-,35-/m1/s1. The van der Waals surface area contributed by atoms with Gasteiger partial charge in [0.15, 0.2) is 6.10 Å². The van der Waals surface area contributed by atoms with Crippen LogP contribution >= 0.6 is 0 Å². The van der Waals surface area contributed by atoms with E-state index in [-0.39, 0.29) is 17.5 Å². The number of carbonyl (C=O) groups excluding carboxylic acids is 3. The molecule has 2 atom stereocenters. The lowest BCUT2D eigenvalue weighted by molar-refractivity contribution is -0.130. The summed E-state index contributed by atoms with van der Waals surface area (Å²) in [5.74, 6) is 5.99. The normalized spacial score (nSPS) is 15.2. The van der Waals surface area contributed by atoms with E-state index in [0.717, 1.165) is 11.1 Å². The molecule has 0 bridgehead atoms. The summed E-state index contributed by atoms with van der Waals surface area (Å²) in [7, 11) is 3.15. The van der Waals surface area contributed by atoms with E-state index in [1.165, 1.54) is 13.1 Å². The molecule has 12 nitrogen and oxygen atoms in total. The molecule has 1 aliphatic heterocycles. The summed E-state index contributed by atoms with van der Waals surface area (Å²) in [4.78, 5) is 52.4. The third-order valence-corrected chi connectivity index (χ3v) is 8.74. The second-order valence-electron chi connectivity index (χ2n) is 13.4. The highest BCUT2D eigenvalue weighted by molar-refractivity contribution is 6.07. The molecule has 2 N–H and O–H groups in total. The van der Waals surface area contributed by atoms with Gasteiger partial charge in [-0.2, -0.15) is 0 Å². The summed E-state index contributed by atoms with van der Waals surface area (Å²) in [6.45, 7) is 18.2. The second kappa shape index (κ2) is 17.9. The Labute approximate surface area is 306 Å². The highest BCUT2D eigenvalue weighted by atomic mass is 16.5. The fourth-order valence-electron chi connectivity index (χ4n) is 5.82. The fourth-order valence-corrected chi connectivity index (χ4v) is 5.82. The molecule has 0 spiro atoms. The van der Waals surface area contributed by atoms with Crippen molar-refractivity contribution in [2.75, 3.05) is 58.9 Å². The molecular formula is C40H50N6O6. The Morgan fingerprint density at radius 2 is 1.81 bits per heavy atom. The second-order valence-corrected chi connectivity index (χ2v) is 13.4. The molecule has 1 fully saturated rings. The first kappa shape index (κ1) is 39.7. The molecule has 12 heteroatoms. The van der Waals surface area contributed by atoms with E-state index in [1.54, 1.807) is 38.6 Å². The van der Waals surface area contributed by atoms with Gasteiger partial charge < -0.3 is 29.7 Å². The Balaban J connectivity index is 1.57. The molecule has 0 saturated carbocycles. The fraction of sp³-hybridized carbons (Fsp3) is 0.425. The molecule has 1 aromatic carbocycles. The monoisotopic (exact) mass is 710 g/mol. The van der Waals surface area contributed by atoms with Crippen molar-refractivity contribution in [1.29, 1.82) is 0 Å². The number of aromatic nitrogens is 2. The average molecular weight is 711 g/mol. The van der Waals surface area contributed by atoms with Gasteiger partial charge in [0.25, 0.3) is 11.8 Å². The number of nitrogens with zero attached hydrogens (tertiary/aromatic N) is 4. The van der Waals surface area contributed by atoms with Gasteiger partial charge in [0.05, 0.1) is 24.5 Å². The van der Waals surface area contributed by atoms with E-state index in [4.69, 9.17) is 14.2 Å². The molecular weight excluding hydrogens is 660 g/mol. The van der Waals surface area contributed by atoms with Crippen LogP contribution in [0.1, 0.15) is 75.5 Å². The molecule has 52 heavy (non-hydrogen) atoms. The number of aryl methyl sites for hydroxylation is 3. The summed E-state index contributed by atoms with van der Waals surface area (Å²) in [5, 5.41) is 5.57. The Hall–Kier alpha value is -5.09. The van der Waals surface area contributed by atoms with Crippen LogP contribution in [0.15, 0.2) is 55.4 Å². The highest BCUT2D eigenvalue weighted by Crippen LogP contribution is 2.30. The lowest BCUT2D eigenvalue weighted by Gasteiger charge is -2.40. The van der Waals surface area contributed by atoms with E-state index < -0.39 is 23.5 Å². The summed E-state index contributed by atoms with van der Waals surface area (Å²) < 4.78 is 17.4. The van der Waals surface area contributed by atoms with Gasteiger partial charge in [-0.25, -0.2) is 4.98 Å². The molecule has 0 radical (unpaired) electrons. The predicted molar refractivity (Wildman–Crippen MR) is 200 cm³/mol. The number of nitrogens with one attached hydrogen (secondary N) is 2. The number of pyridine rings is 2. The van der Waals surface area contributed by atoms with E-state index in [0.29, 0.717) is 73.3 Å². The van der Waals surface area contributed by atoms with Crippen LogP contribution in [0.5, 0.6) is 5.75 Å². The number of piperazine rings is 1. The third kappa shape index (κ3) is 10.5. The smallest absolute Gasteiger partial charge is 0.257 e. The average Bonchev–Trinajstić information content (AvgIpc) is 3.11. The molecule has 2 aromatic heterocycles. The number of benzene rings is 1. The van der Waals surface area contributed by atoms with Crippen LogP contribution in [-0.4, -0.2) is 103 Å². The van der Waals surface area contributed by atoms with E-state index in [9.17, 15) is 14.4 Å². The van der Waals surface area contributed by atoms with Crippen molar-refractivity contribution < 1.29 is 28.6 Å². The quantitative estimate of drug-likeness (QED) is 0.148. The van der Waals surface area contributed by atoms with Gasteiger partial charge in [-0.05, 0) is 88.6 Å². The molecule has 276 valence electrons. The Morgan fingerprint density at radius 1 is 1.04 bits per heavy atom. The first-order valence-electron chi connectivity index (χ1n) is 17.3. The molecule has 3 amide bonds. The van der Waals surface area contributed by atoms with Crippen LogP contribution in [0.25, 0.3) is 0 Å². The molecule has 1 saturated heterocycles. The van der Waals surface area contributed by atoms with Crippen molar-refractivity contribution in [2.24, 2.45) is 0 Å². The summed E-state index contributed by atoms with van der Waals surface area (Å²) in [5.41, 5.74) is 3.54. The minimum absolute atomic E-state index is 0.0207. The van der Waals surface area contributed by atoms with Crippen LogP contribution < -0.4 is 15.4 Å². The van der Waals surface area contributed by atoms with Crippen molar-refractivity contribution in [2.45, 2.75) is 59.3 Å². The van der Waals surface area contributed by atoms with Crippen LogP contribution in [0.2, 0.25) is 0 Å². The molecule has 3 heterocycles. The highest BCUT2D eigenvalue weighted by Gasteiger charge is 2.30. The zero-order chi connectivity index (χ0) is 38.0. The van der Waals surface area contributed by atoms with E-state index in [2.05, 4.69) is 43.9 Å². The summed E-state index contributed by atoms with van der Waals surface area (Å²) in [6, 6.07) is 8.96. The number of amides is 3. The number of hydrogen-bond donors (Lipinski definition) is 2. The molecule has 0 aliphatic carbocycles. The molecule has 0 unspecified atom stereocenters. The van der Waals surface area contributed by atoms with Gasteiger partial charge in [-0.15, -0.1) is 0 Å². The summed E-state index contributed by atoms with van der Waals surface area (Å²) in [6.07, 6.45) is 4.17. The lowest BCUT2D eigenvalue weighted by atomic mass is 10.0. The first-order valence-corrected chi connectivity index (χ1v) is 17.3. The minimum atomic E-state index is -0.674. The summed E-state index contributed by atoms with van der Waals surface area (Å²) >= 11 is 0. The van der Waals surface area contributed by atoms with Crippen molar-refractivity contribution >= 4 is 23.5 Å². The van der Waals surface area contributed by atoms with Crippen molar-refractivity contribution in [3.8, 4) is 17.6 Å². The predicted octanol–water partition coefficient (Wildman–Crippen LogP) is 4.65. The minimum Gasteiger partial charge on any atom is -0.482 e. The Morgan fingerprint density at radius 3 is 2.44 bits per heavy atom. The van der Waals surface area contributed by atoms with Crippen LogP contribution in [0.3, 0.4) is 0 Å². The molecule has 1 aliphatic rings. The van der Waals surface area contributed by atoms with Gasteiger partial charge in [-0.3, -0.25) is 24.3 Å². The lowest BCUT2D eigenvalue weighted by Crippen LogP contribution is -2.54. The maximum atomic E-state index is 13.7. The number of carbonyl (C=O) groups is 3. The number of rotatable bonds is 13. The third-order valence-electron chi connectivity index (χ3n) is 8.74. The Bertz CT molecular complexity index is 1830. The number of ether oxygens (including phenoxy) is 3. The van der Waals surface area contributed by atoms with Gasteiger partial charge in [0.1, 0.15) is 17.2 Å². The van der Waals surface area contributed by atoms with E-state index in [1.807, 2.05) is 57.7 Å². The van der Waals surface area contributed by atoms with Crippen LogP contribution in [-0.2, 0) is 14.3 Å². The van der Waals surface area contributed by atoms with Gasteiger partial charge in [0.2, 0.25) is 5.91 Å². The van der Waals surface area contributed by atoms with Crippen molar-refractivity contribution in [3.05, 3.63) is 94.5 Å². The van der Waals surface area contributed by atoms with Gasteiger partial charge in [0, 0.05) is 69.9 Å². The first-order chi connectivity index (χ1) is 24.7. The maximum Gasteiger partial charge on any atom is 0.257 e. The van der Waals surface area contributed by atoms with Crippen molar-refractivity contribution in [1.82, 2.24) is 25.1 Å². The largest absolute Gasteiger partial charge is 0.482 e. The van der Waals surface area contributed by atoms with Crippen molar-refractivity contribution in [3.63, 3.8) is 0 Å². The van der Waals surface area contributed by atoms with Gasteiger partial charge >= 0.3 is 0 Å². The van der Waals surface area contributed by atoms with Gasteiger partial charge in [-0.1, -0.05) is 24.5 Å². The zero-order valence-corrected chi connectivity index (χ0v) is 31.5. The number of methoxy groups -OCH3 is 1. The topological polar surface area (TPSA) is 135 Å². The Kier molecular flexibility index (Phi) is 13.7. The van der Waals surface area contributed by atoms with Crippen LogP contribution in [0, 0.1) is 32.6 Å². The van der Waals surface area contributed by atoms with Crippen LogP contribution in [0.4, 0.5) is 5.82 Å². The SMILES string of the molecule is C=CC(=O)N1CCN(C[C@@H](Oc2cc(C)c(C(=O)Nc3ncc(C#CC(C)(C)OCCOC)cc3C)cc2C(=O)NC)c2ccc(C)cn2)C[C@H]1C. The molecule has 3 aromatic rings. The zero-order valence-electron chi connectivity index (χ0n) is 31.5. The maximum absolute atomic E-state index is 13.7. The van der Waals surface area contributed by atoms with E-state index >= 15 is 0 Å². The molecule has 4 rings (SSSR count).